The molecule has 1 heterocycles. The third-order valence-corrected chi connectivity index (χ3v) is 2.95. The Labute approximate surface area is 108 Å². The Morgan fingerprint density at radius 1 is 1.29 bits per heavy atom. The van der Waals surface area contributed by atoms with Crippen LogP contribution in [0.15, 0.2) is 17.1 Å². The van der Waals surface area contributed by atoms with Gasteiger partial charge in [0.05, 0.1) is 0 Å². The fraction of sp³-hybridized carbons (Fsp3) is 0.385. The first-order valence-electron chi connectivity index (χ1n) is 5.57. The van der Waals surface area contributed by atoms with Crippen LogP contribution in [-0.2, 0) is 0 Å². The van der Waals surface area contributed by atoms with Crippen LogP contribution >= 0.6 is 12.4 Å². The number of aryl methyl sites for hydroxylation is 2. The van der Waals surface area contributed by atoms with Crippen LogP contribution in [0.3, 0.4) is 0 Å². The van der Waals surface area contributed by atoms with Crippen molar-refractivity contribution < 1.29 is 4.79 Å². The molecule has 0 bridgehead atoms. The zero-order valence-electron chi connectivity index (χ0n) is 10.1. The average Bonchev–Trinajstić information content (AvgIpc) is 2.33. The molecular weight excluding hydrogens is 236 g/mol. The van der Waals surface area contributed by atoms with Crippen molar-refractivity contribution >= 4 is 24.5 Å². The zero-order chi connectivity index (χ0) is 11.5. The van der Waals surface area contributed by atoms with Crippen LogP contribution in [0, 0.1) is 13.8 Å². The summed E-state index contributed by atoms with van der Waals surface area (Å²) in [4.78, 5) is 15.5. The minimum absolute atomic E-state index is 0. The SMILES string of the molecule is Cc1cc(C=O)c(C2=NCCCN2)cc1C.Cl. The minimum atomic E-state index is 0. The molecule has 0 aliphatic carbocycles. The van der Waals surface area contributed by atoms with Gasteiger partial charge in [-0.15, -0.1) is 12.4 Å². The second-order valence-electron chi connectivity index (χ2n) is 4.15. The summed E-state index contributed by atoms with van der Waals surface area (Å²) in [5.41, 5.74) is 3.98. The van der Waals surface area contributed by atoms with Gasteiger partial charge in [-0.3, -0.25) is 9.79 Å². The number of nitrogens with zero attached hydrogens (tertiary/aromatic N) is 1. The van der Waals surface area contributed by atoms with Crippen LogP contribution in [-0.4, -0.2) is 25.2 Å². The highest BCUT2D eigenvalue weighted by atomic mass is 35.5. The number of aldehydes is 1. The van der Waals surface area contributed by atoms with Crippen LogP contribution in [0.1, 0.15) is 33.5 Å². The Balaban J connectivity index is 0.00000144. The predicted molar refractivity (Wildman–Crippen MR) is 72.6 cm³/mol. The second kappa shape index (κ2) is 5.82. The summed E-state index contributed by atoms with van der Waals surface area (Å²) in [7, 11) is 0. The van der Waals surface area contributed by atoms with Gasteiger partial charge in [-0.2, -0.15) is 0 Å². The molecule has 0 saturated carbocycles. The molecule has 0 amide bonds. The van der Waals surface area contributed by atoms with E-state index in [1.54, 1.807) is 0 Å². The maximum atomic E-state index is 11.1. The highest BCUT2D eigenvalue weighted by molar-refractivity contribution is 6.05. The van der Waals surface area contributed by atoms with E-state index in [0.717, 1.165) is 48.3 Å². The number of benzene rings is 1. The van der Waals surface area contributed by atoms with Crippen LogP contribution in [0.5, 0.6) is 0 Å². The van der Waals surface area contributed by atoms with Gasteiger partial charge in [-0.05, 0) is 43.5 Å². The van der Waals surface area contributed by atoms with E-state index < -0.39 is 0 Å². The first-order chi connectivity index (χ1) is 7.72. The van der Waals surface area contributed by atoms with Gasteiger partial charge in [0.2, 0.25) is 0 Å². The molecule has 4 heteroatoms. The predicted octanol–water partition coefficient (Wildman–Crippen LogP) is 2.28. The molecule has 1 N–H and O–H groups in total. The van der Waals surface area contributed by atoms with Crippen LogP contribution in [0.4, 0.5) is 0 Å². The maximum Gasteiger partial charge on any atom is 0.150 e. The van der Waals surface area contributed by atoms with Crippen LogP contribution < -0.4 is 5.32 Å². The lowest BCUT2D eigenvalue weighted by Gasteiger charge is -2.17. The van der Waals surface area contributed by atoms with Gasteiger partial charge in [0, 0.05) is 24.2 Å². The molecule has 0 spiro atoms. The summed E-state index contributed by atoms with van der Waals surface area (Å²) in [6.07, 6.45) is 1.96. The molecule has 17 heavy (non-hydrogen) atoms. The smallest absolute Gasteiger partial charge is 0.150 e. The van der Waals surface area contributed by atoms with Gasteiger partial charge in [-0.25, -0.2) is 0 Å². The summed E-state index contributed by atoms with van der Waals surface area (Å²) in [6, 6.07) is 3.96. The van der Waals surface area contributed by atoms with Crippen molar-refractivity contribution in [2.75, 3.05) is 13.1 Å². The van der Waals surface area contributed by atoms with Gasteiger partial charge in [0.15, 0.2) is 6.29 Å². The van der Waals surface area contributed by atoms with Crippen LogP contribution in [0.25, 0.3) is 0 Å². The molecule has 0 unspecified atom stereocenters. The number of hydrogen-bond acceptors (Lipinski definition) is 3. The molecule has 1 aliphatic heterocycles. The fourth-order valence-corrected chi connectivity index (χ4v) is 1.85. The third kappa shape index (κ3) is 2.86. The number of nitrogens with one attached hydrogen (secondary N) is 1. The standard InChI is InChI=1S/C13H16N2O.ClH/c1-9-6-11(8-16)12(7-10(9)2)13-14-4-3-5-15-13;/h6-8H,3-5H2,1-2H3,(H,14,15);1H. The minimum Gasteiger partial charge on any atom is -0.370 e. The van der Waals surface area contributed by atoms with E-state index in [2.05, 4.69) is 17.2 Å². The van der Waals surface area contributed by atoms with E-state index in [9.17, 15) is 4.79 Å². The number of hydrogen-bond donors (Lipinski definition) is 1. The van der Waals surface area contributed by atoms with Crippen molar-refractivity contribution in [3.05, 3.63) is 34.4 Å². The Morgan fingerprint density at radius 2 is 2.00 bits per heavy atom. The van der Waals surface area contributed by atoms with Crippen molar-refractivity contribution in [2.24, 2.45) is 4.99 Å². The Kier molecular flexibility index (Phi) is 4.70. The lowest BCUT2D eigenvalue weighted by atomic mass is 9.99. The number of carbonyl (C=O) groups excluding carboxylic acids is 1. The van der Waals surface area contributed by atoms with E-state index >= 15 is 0 Å². The molecule has 1 aromatic rings. The van der Waals surface area contributed by atoms with E-state index in [1.807, 2.05) is 19.1 Å². The highest BCUT2D eigenvalue weighted by Gasteiger charge is 2.12. The molecule has 1 aromatic carbocycles. The van der Waals surface area contributed by atoms with Crippen molar-refractivity contribution in [1.29, 1.82) is 0 Å². The Bertz CT molecular complexity index is 455. The van der Waals surface area contributed by atoms with Gasteiger partial charge in [-0.1, -0.05) is 0 Å². The zero-order valence-corrected chi connectivity index (χ0v) is 10.9. The molecule has 0 fully saturated rings. The lowest BCUT2D eigenvalue weighted by Crippen LogP contribution is -2.31. The topological polar surface area (TPSA) is 41.5 Å². The Morgan fingerprint density at radius 3 is 2.59 bits per heavy atom. The molecular formula is C13H17ClN2O. The second-order valence-corrected chi connectivity index (χ2v) is 4.15. The quantitative estimate of drug-likeness (QED) is 0.821. The monoisotopic (exact) mass is 252 g/mol. The molecule has 92 valence electrons. The lowest BCUT2D eigenvalue weighted by molar-refractivity contribution is 0.112. The van der Waals surface area contributed by atoms with E-state index in [1.165, 1.54) is 5.56 Å². The molecule has 0 aromatic heterocycles. The van der Waals surface area contributed by atoms with Crippen LogP contribution in [0.2, 0.25) is 0 Å². The largest absolute Gasteiger partial charge is 0.370 e. The normalized spacial score (nSPS) is 14.4. The van der Waals surface area contributed by atoms with E-state index in [4.69, 9.17) is 0 Å². The highest BCUT2D eigenvalue weighted by Crippen LogP contribution is 2.16. The summed E-state index contributed by atoms with van der Waals surface area (Å²) >= 11 is 0. The molecule has 1 aliphatic rings. The third-order valence-electron chi connectivity index (χ3n) is 2.95. The van der Waals surface area contributed by atoms with Crippen molar-refractivity contribution in [2.45, 2.75) is 20.3 Å². The van der Waals surface area contributed by atoms with Crippen molar-refractivity contribution in [3.63, 3.8) is 0 Å². The Hall–Kier alpha value is -1.35. The fourth-order valence-electron chi connectivity index (χ4n) is 1.85. The summed E-state index contributed by atoms with van der Waals surface area (Å²) < 4.78 is 0. The van der Waals surface area contributed by atoms with E-state index in [0.29, 0.717) is 0 Å². The summed E-state index contributed by atoms with van der Waals surface area (Å²) in [5.74, 6) is 0.858. The van der Waals surface area contributed by atoms with Gasteiger partial charge in [0.25, 0.3) is 0 Å². The first-order valence-corrected chi connectivity index (χ1v) is 5.57. The number of amidine groups is 1. The molecule has 0 atom stereocenters. The number of halogens is 1. The van der Waals surface area contributed by atoms with Gasteiger partial charge < -0.3 is 5.32 Å². The average molecular weight is 253 g/mol. The number of rotatable bonds is 2. The molecule has 2 rings (SSSR count). The van der Waals surface area contributed by atoms with Gasteiger partial charge >= 0.3 is 0 Å². The maximum absolute atomic E-state index is 11.1. The van der Waals surface area contributed by atoms with Gasteiger partial charge in [0.1, 0.15) is 5.84 Å². The number of carbonyl (C=O) groups is 1. The molecule has 3 nitrogen and oxygen atoms in total. The summed E-state index contributed by atoms with van der Waals surface area (Å²) in [5, 5.41) is 3.25. The summed E-state index contributed by atoms with van der Waals surface area (Å²) in [6.45, 7) is 5.84. The number of aliphatic imine (C=N–C) groups is 1. The van der Waals surface area contributed by atoms with E-state index in [-0.39, 0.29) is 12.4 Å². The molecule has 0 saturated heterocycles. The first kappa shape index (κ1) is 13.7. The van der Waals surface area contributed by atoms with Crippen molar-refractivity contribution in [1.82, 2.24) is 5.32 Å². The molecule has 0 radical (unpaired) electrons. The van der Waals surface area contributed by atoms with Crippen molar-refractivity contribution in [3.8, 4) is 0 Å².